The Hall–Kier alpha value is -2.06. The van der Waals surface area contributed by atoms with Crippen LogP contribution < -0.4 is 5.32 Å². The summed E-state index contributed by atoms with van der Waals surface area (Å²) < 4.78 is 7.52. The molecule has 120 valence electrons. The molecule has 23 heavy (non-hydrogen) atoms. The minimum atomic E-state index is 0.580. The van der Waals surface area contributed by atoms with E-state index in [1.165, 1.54) is 0 Å². The summed E-state index contributed by atoms with van der Waals surface area (Å²) in [5.74, 6) is 3.98. The molecule has 0 aliphatic carbocycles. The van der Waals surface area contributed by atoms with Gasteiger partial charge in [0, 0.05) is 30.5 Å². The highest BCUT2D eigenvalue weighted by molar-refractivity contribution is 7.08. The minimum Gasteiger partial charge on any atom is -0.338 e. The minimum absolute atomic E-state index is 0.580. The maximum absolute atomic E-state index is 5.30. The van der Waals surface area contributed by atoms with Gasteiger partial charge in [-0.3, -0.25) is 0 Å². The molecule has 0 amide bonds. The summed E-state index contributed by atoms with van der Waals surface area (Å²) in [7, 11) is 0. The van der Waals surface area contributed by atoms with Gasteiger partial charge in [0.1, 0.15) is 11.6 Å². The fraction of sp³-hybridized carbons (Fsp3) is 0.467. The second-order valence-electron chi connectivity index (χ2n) is 5.83. The Morgan fingerprint density at radius 3 is 3.26 bits per heavy atom. The van der Waals surface area contributed by atoms with Gasteiger partial charge in [0.2, 0.25) is 11.7 Å². The van der Waals surface area contributed by atoms with Crippen LogP contribution in [0.2, 0.25) is 0 Å². The lowest BCUT2D eigenvalue weighted by Gasteiger charge is -2.23. The van der Waals surface area contributed by atoms with Gasteiger partial charge in [-0.05, 0) is 30.7 Å². The van der Waals surface area contributed by atoms with E-state index in [-0.39, 0.29) is 0 Å². The predicted molar refractivity (Wildman–Crippen MR) is 85.9 cm³/mol. The van der Waals surface area contributed by atoms with Crippen LogP contribution in [0.25, 0.3) is 11.4 Å². The van der Waals surface area contributed by atoms with Crippen LogP contribution in [0.15, 0.2) is 21.3 Å². The highest BCUT2D eigenvalue weighted by Crippen LogP contribution is 2.20. The standard InChI is InChI=1S/C15H18N6OS/c1-10-18-19-13-3-2-11(8-21(10)13)6-16-7-14-17-15(20-22-14)12-4-5-23-9-12/h4-5,9,11,16H,2-3,6-8H2,1H3/t11-/m1/s1. The molecule has 0 bridgehead atoms. The van der Waals surface area contributed by atoms with Crippen molar-refractivity contribution in [1.82, 2.24) is 30.2 Å². The van der Waals surface area contributed by atoms with Crippen molar-refractivity contribution in [1.29, 1.82) is 0 Å². The molecule has 8 heteroatoms. The third kappa shape index (κ3) is 3.04. The molecule has 3 aromatic heterocycles. The Kier molecular flexibility index (Phi) is 3.92. The first-order chi connectivity index (χ1) is 11.3. The molecule has 1 aliphatic rings. The van der Waals surface area contributed by atoms with E-state index in [2.05, 4.69) is 30.2 Å². The van der Waals surface area contributed by atoms with Gasteiger partial charge in [0.05, 0.1) is 6.54 Å². The van der Waals surface area contributed by atoms with Crippen LogP contribution in [0.5, 0.6) is 0 Å². The Morgan fingerprint density at radius 2 is 2.39 bits per heavy atom. The van der Waals surface area contributed by atoms with Crippen molar-refractivity contribution in [2.24, 2.45) is 5.92 Å². The van der Waals surface area contributed by atoms with Crippen LogP contribution >= 0.6 is 11.3 Å². The van der Waals surface area contributed by atoms with E-state index in [9.17, 15) is 0 Å². The summed E-state index contributed by atoms with van der Waals surface area (Å²) in [5.41, 5.74) is 1.01. The second-order valence-corrected chi connectivity index (χ2v) is 6.61. The topological polar surface area (TPSA) is 81.7 Å². The first-order valence-electron chi connectivity index (χ1n) is 7.74. The largest absolute Gasteiger partial charge is 0.338 e. The Balaban J connectivity index is 1.30. The SMILES string of the molecule is Cc1nnc2n1C[C@@H](CNCc1nc(-c3ccsc3)no1)CC2. The molecule has 0 radical (unpaired) electrons. The lowest BCUT2D eigenvalue weighted by molar-refractivity contribution is 0.325. The number of rotatable bonds is 5. The van der Waals surface area contributed by atoms with Gasteiger partial charge >= 0.3 is 0 Å². The van der Waals surface area contributed by atoms with Crippen LogP contribution in [0.4, 0.5) is 0 Å². The molecule has 0 aromatic carbocycles. The van der Waals surface area contributed by atoms with Gasteiger partial charge in [-0.25, -0.2) is 0 Å². The average Bonchev–Trinajstić information content (AvgIpc) is 3.29. The molecule has 0 spiro atoms. The number of nitrogens with one attached hydrogen (secondary N) is 1. The van der Waals surface area contributed by atoms with Crippen LogP contribution in [0, 0.1) is 12.8 Å². The first kappa shape index (κ1) is 14.5. The van der Waals surface area contributed by atoms with Crippen LogP contribution in [-0.2, 0) is 19.5 Å². The van der Waals surface area contributed by atoms with Gasteiger partial charge in [-0.1, -0.05) is 5.16 Å². The number of hydrogen-bond donors (Lipinski definition) is 1. The maximum atomic E-state index is 5.30. The lowest BCUT2D eigenvalue weighted by atomic mass is 9.99. The van der Waals surface area contributed by atoms with E-state index in [1.807, 2.05) is 23.8 Å². The van der Waals surface area contributed by atoms with Crippen molar-refractivity contribution in [3.05, 3.63) is 34.4 Å². The molecule has 0 fully saturated rings. The summed E-state index contributed by atoms with van der Waals surface area (Å²) in [6.45, 7) is 4.51. The average molecular weight is 330 g/mol. The van der Waals surface area contributed by atoms with E-state index in [1.54, 1.807) is 11.3 Å². The van der Waals surface area contributed by atoms with Crippen molar-refractivity contribution in [2.75, 3.05) is 6.54 Å². The quantitative estimate of drug-likeness (QED) is 0.771. The Morgan fingerprint density at radius 1 is 1.43 bits per heavy atom. The van der Waals surface area contributed by atoms with Gasteiger partial charge in [-0.15, -0.1) is 10.2 Å². The zero-order valence-corrected chi connectivity index (χ0v) is 13.7. The van der Waals surface area contributed by atoms with Crippen molar-refractivity contribution < 1.29 is 4.52 Å². The molecule has 7 nitrogen and oxygen atoms in total. The molecule has 1 N–H and O–H groups in total. The summed E-state index contributed by atoms with van der Waals surface area (Å²) in [6, 6.07) is 1.99. The van der Waals surface area contributed by atoms with E-state index in [0.29, 0.717) is 24.2 Å². The van der Waals surface area contributed by atoms with Crippen molar-refractivity contribution in [3.63, 3.8) is 0 Å². The third-order valence-corrected chi connectivity index (χ3v) is 4.87. The molecular weight excluding hydrogens is 312 g/mol. The molecular formula is C15H18N6OS. The Labute approximate surface area is 137 Å². The van der Waals surface area contributed by atoms with Crippen LogP contribution in [0.3, 0.4) is 0 Å². The number of aryl methyl sites for hydroxylation is 2. The summed E-state index contributed by atoms with van der Waals surface area (Å²) in [6.07, 6.45) is 2.13. The maximum Gasteiger partial charge on any atom is 0.240 e. The normalized spacial score (nSPS) is 17.3. The van der Waals surface area contributed by atoms with Crippen LogP contribution in [0.1, 0.15) is 24.0 Å². The molecule has 0 unspecified atom stereocenters. The highest BCUT2D eigenvalue weighted by Gasteiger charge is 2.21. The number of hydrogen-bond acceptors (Lipinski definition) is 7. The zero-order chi connectivity index (χ0) is 15.6. The summed E-state index contributed by atoms with van der Waals surface area (Å²) in [4.78, 5) is 4.42. The highest BCUT2D eigenvalue weighted by atomic mass is 32.1. The number of aromatic nitrogens is 5. The van der Waals surface area contributed by atoms with Crippen molar-refractivity contribution in [2.45, 2.75) is 32.9 Å². The van der Waals surface area contributed by atoms with Gasteiger partial charge in [0.15, 0.2) is 0 Å². The molecule has 3 aromatic rings. The summed E-state index contributed by atoms with van der Waals surface area (Å²) in [5, 5.41) is 19.8. The number of nitrogens with zero attached hydrogens (tertiary/aromatic N) is 5. The van der Waals surface area contributed by atoms with Gasteiger partial charge in [-0.2, -0.15) is 16.3 Å². The Bertz CT molecular complexity index is 778. The fourth-order valence-electron chi connectivity index (χ4n) is 2.92. The first-order valence-corrected chi connectivity index (χ1v) is 8.68. The zero-order valence-electron chi connectivity index (χ0n) is 12.9. The van der Waals surface area contributed by atoms with E-state index in [4.69, 9.17) is 4.52 Å². The molecule has 0 saturated carbocycles. The second kappa shape index (κ2) is 6.21. The molecule has 1 aliphatic heterocycles. The lowest BCUT2D eigenvalue weighted by Crippen LogP contribution is -2.30. The smallest absolute Gasteiger partial charge is 0.240 e. The number of thiophene rings is 1. The van der Waals surface area contributed by atoms with E-state index < -0.39 is 0 Å². The van der Waals surface area contributed by atoms with Gasteiger partial charge < -0.3 is 14.4 Å². The van der Waals surface area contributed by atoms with Crippen molar-refractivity contribution >= 4 is 11.3 Å². The molecule has 4 heterocycles. The van der Waals surface area contributed by atoms with Gasteiger partial charge in [0.25, 0.3) is 0 Å². The van der Waals surface area contributed by atoms with E-state index >= 15 is 0 Å². The van der Waals surface area contributed by atoms with Crippen molar-refractivity contribution in [3.8, 4) is 11.4 Å². The predicted octanol–water partition coefficient (Wildman–Crippen LogP) is 2.05. The van der Waals surface area contributed by atoms with Crippen LogP contribution in [-0.4, -0.2) is 31.4 Å². The van der Waals surface area contributed by atoms with E-state index in [0.717, 1.165) is 43.1 Å². The number of fused-ring (bicyclic) bond motifs is 1. The summed E-state index contributed by atoms with van der Waals surface area (Å²) >= 11 is 1.63. The molecule has 0 saturated heterocycles. The monoisotopic (exact) mass is 330 g/mol. The fourth-order valence-corrected chi connectivity index (χ4v) is 3.55. The molecule has 1 atom stereocenters. The third-order valence-electron chi connectivity index (χ3n) is 4.19. The molecule has 4 rings (SSSR count).